The third kappa shape index (κ3) is 2.25. The number of carboxylic acids is 1. The molecule has 1 heterocycles. The standard InChI is InChI=1S/C9H8BrNO2.ClH/c10-8-2-1-5(4-11-8)6-3-7(6)9(12)13;/h1-2,4,6-7H,3H2,(H,12,13);1H. The Kier molecular flexibility index (Phi) is 3.50. The van der Waals surface area contributed by atoms with E-state index in [2.05, 4.69) is 20.9 Å². The summed E-state index contributed by atoms with van der Waals surface area (Å²) in [5, 5.41) is 8.71. The topological polar surface area (TPSA) is 50.2 Å². The van der Waals surface area contributed by atoms with Crippen molar-refractivity contribution in [3.8, 4) is 0 Å². The summed E-state index contributed by atoms with van der Waals surface area (Å²) < 4.78 is 0.781. The molecule has 1 fully saturated rings. The average molecular weight is 279 g/mol. The Balaban J connectivity index is 0.000000980. The molecule has 76 valence electrons. The minimum Gasteiger partial charge on any atom is -0.481 e. The molecule has 1 aromatic heterocycles. The fourth-order valence-corrected chi connectivity index (χ4v) is 1.68. The van der Waals surface area contributed by atoms with Crippen molar-refractivity contribution in [2.24, 2.45) is 5.92 Å². The van der Waals surface area contributed by atoms with Gasteiger partial charge in [0.05, 0.1) is 5.92 Å². The van der Waals surface area contributed by atoms with Crippen molar-refractivity contribution < 1.29 is 9.90 Å². The summed E-state index contributed by atoms with van der Waals surface area (Å²) in [5.74, 6) is -0.714. The number of aliphatic carboxylic acids is 1. The molecule has 14 heavy (non-hydrogen) atoms. The van der Waals surface area contributed by atoms with Crippen molar-refractivity contribution in [3.05, 3.63) is 28.5 Å². The summed E-state index contributed by atoms with van der Waals surface area (Å²) in [6.45, 7) is 0. The molecule has 0 saturated heterocycles. The highest BCUT2D eigenvalue weighted by atomic mass is 79.9. The fourth-order valence-electron chi connectivity index (χ4n) is 1.44. The molecule has 1 N–H and O–H groups in total. The summed E-state index contributed by atoms with van der Waals surface area (Å²) in [7, 11) is 0. The molecule has 0 aliphatic heterocycles. The number of carbonyl (C=O) groups is 1. The predicted molar refractivity (Wildman–Crippen MR) is 57.7 cm³/mol. The third-order valence-corrected chi connectivity index (χ3v) is 2.76. The molecule has 1 aromatic rings. The molecule has 3 nitrogen and oxygen atoms in total. The van der Waals surface area contributed by atoms with Crippen LogP contribution in [0.4, 0.5) is 0 Å². The SMILES string of the molecule is Cl.O=C(O)C1CC1c1ccc(Br)nc1. The van der Waals surface area contributed by atoms with Gasteiger partial charge in [-0.25, -0.2) is 4.98 Å². The van der Waals surface area contributed by atoms with Gasteiger partial charge in [0.25, 0.3) is 0 Å². The fraction of sp³-hybridized carbons (Fsp3) is 0.333. The lowest BCUT2D eigenvalue weighted by Gasteiger charge is -1.96. The van der Waals surface area contributed by atoms with Gasteiger partial charge in [0.1, 0.15) is 4.60 Å². The lowest BCUT2D eigenvalue weighted by atomic mass is 10.1. The Morgan fingerprint density at radius 1 is 1.57 bits per heavy atom. The summed E-state index contributed by atoms with van der Waals surface area (Å²) in [4.78, 5) is 14.6. The zero-order valence-electron chi connectivity index (χ0n) is 7.18. The number of halogens is 2. The smallest absolute Gasteiger partial charge is 0.307 e. The lowest BCUT2D eigenvalue weighted by molar-refractivity contribution is -0.138. The number of aromatic nitrogens is 1. The highest BCUT2D eigenvalue weighted by Gasteiger charge is 2.44. The molecule has 0 bridgehead atoms. The summed E-state index contributed by atoms with van der Waals surface area (Å²) >= 11 is 3.23. The number of rotatable bonds is 2. The van der Waals surface area contributed by atoms with Crippen molar-refractivity contribution in [1.82, 2.24) is 4.98 Å². The molecule has 2 atom stereocenters. The van der Waals surface area contributed by atoms with E-state index in [1.165, 1.54) is 0 Å². The van der Waals surface area contributed by atoms with Gasteiger partial charge in [-0.1, -0.05) is 6.07 Å². The Labute approximate surface area is 96.1 Å². The second kappa shape index (κ2) is 4.28. The first-order chi connectivity index (χ1) is 6.18. The van der Waals surface area contributed by atoms with Crippen LogP contribution in [0.5, 0.6) is 0 Å². The van der Waals surface area contributed by atoms with Crippen LogP contribution in [0.2, 0.25) is 0 Å². The molecule has 0 amide bonds. The van der Waals surface area contributed by atoms with Crippen LogP contribution in [0.1, 0.15) is 17.9 Å². The quantitative estimate of drug-likeness (QED) is 0.846. The zero-order valence-corrected chi connectivity index (χ0v) is 9.59. The molecule has 1 aliphatic rings. The number of nitrogens with zero attached hydrogens (tertiary/aromatic N) is 1. The third-order valence-electron chi connectivity index (χ3n) is 2.29. The van der Waals surface area contributed by atoms with Gasteiger partial charge in [-0.15, -0.1) is 12.4 Å². The molecule has 0 radical (unpaired) electrons. The molecule has 2 rings (SSSR count). The molecule has 0 aromatic carbocycles. The second-order valence-electron chi connectivity index (χ2n) is 3.20. The molecule has 2 unspecified atom stereocenters. The number of hydrogen-bond donors (Lipinski definition) is 1. The van der Waals surface area contributed by atoms with Crippen LogP contribution >= 0.6 is 28.3 Å². The molecular formula is C9H9BrClNO2. The molecule has 0 spiro atoms. The molecule has 1 saturated carbocycles. The zero-order chi connectivity index (χ0) is 9.42. The predicted octanol–water partition coefficient (Wildman–Crippen LogP) is 2.45. The lowest BCUT2D eigenvalue weighted by Crippen LogP contribution is -1.98. The first-order valence-electron chi connectivity index (χ1n) is 4.03. The van der Waals surface area contributed by atoms with Gasteiger partial charge < -0.3 is 5.11 Å². The minimum atomic E-state index is -0.701. The van der Waals surface area contributed by atoms with E-state index in [1.54, 1.807) is 6.20 Å². The maximum atomic E-state index is 10.6. The van der Waals surface area contributed by atoms with E-state index in [1.807, 2.05) is 12.1 Å². The maximum Gasteiger partial charge on any atom is 0.307 e. The Morgan fingerprint density at radius 3 is 2.71 bits per heavy atom. The van der Waals surface area contributed by atoms with Crippen LogP contribution in [0.25, 0.3) is 0 Å². The summed E-state index contributed by atoms with van der Waals surface area (Å²) in [6, 6.07) is 3.76. The van der Waals surface area contributed by atoms with Crippen LogP contribution in [0.15, 0.2) is 22.9 Å². The van der Waals surface area contributed by atoms with Gasteiger partial charge >= 0.3 is 5.97 Å². The van der Waals surface area contributed by atoms with Crippen LogP contribution in [-0.4, -0.2) is 16.1 Å². The first kappa shape index (κ1) is 11.5. The van der Waals surface area contributed by atoms with Crippen LogP contribution in [0, 0.1) is 5.92 Å². The molecular weight excluding hydrogens is 269 g/mol. The van der Waals surface area contributed by atoms with Gasteiger partial charge in [0.15, 0.2) is 0 Å². The second-order valence-corrected chi connectivity index (χ2v) is 4.01. The van der Waals surface area contributed by atoms with Crippen LogP contribution < -0.4 is 0 Å². The Bertz CT molecular complexity index is 341. The highest BCUT2D eigenvalue weighted by molar-refractivity contribution is 9.10. The monoisotopic (exact) mass is 277 g/mol. The number of carboxylic acid groups (broad SMARTS) is 1. The van der Waals surface area contributed by atoms with Gasteiger partial charge in [-0.05, 0) is 39.9 Å². The van der Waals surface area contributed by atoms with Crippen LogP contribution in [-0.2, 0) is 4.79 Å². The van der Waals surface area contributed by atoms with Crippen molar-refractivity contribution >= 4 is 34.3 Å². The first-order valence-corrected chi connectivity index (χ1v) is 4.82. The molecule has 5 heteroatoms. The van der Waals surface area contributed by atoms with E-state index in [0.29, 0.717) is 0 Å². The maximum absolute atomic E-state index is 10.6. The van der Waals surface area contributed by atoms with Gasteiger partial charge in [-0.2, -0.15) is 0 Å². The van der Waals surface area contributed by atoms with E-state index < -0.39 is 5.97 Å². The number of hydrogen-bond acceptors (Lipinski definition) is 2. The van der Waals surface area contributed by atoms with E-state index in [4.69, 9.17) is 5.11 Å². The van der Waals surface area contributed by atoms with Crippen LogP contribution in [0.3, 0.4) is 0 Å². The van der Waals surface area contributed by atoms with Crippen molar-refractivity contribution in [2.75, 3.05) is 0 Å². The van der Waals surface area contributed by atoms with Gasteiger partial charge in [0, 0.05) is 6.20 Å². The van der Waals surface area contributed by atoms with Crippen molar-refractivity contribution in [2.45, 2.75) is 12.3 Å². The van der Waals surface area contributed by atoms with E-state index >= 15 is 0 Å². The average Bonchev–Trinajstić information content (AvgIpc) is 2.85. The summed E-state index contributed by atoms with van der Waals surface area (Å²) in [6.07, 6.45) is 2.48. The van der Waals surface area contributed by atoms with Crippen molar-refractivity contribution in [1.29, 1.82) is 0 Å². The van der Waals surface area contributed by atoms with E-state index in [-0.39, 0.29) is 24.2 Å². The minimum absolute atomic E-state index is 0. The highest BCUT2D eigenvalue weighted by Crippen LogP contribution is 2.47. The largest absolute Gasteiger partial charge is 0.481 e. The van der Waals surface area contributed by atoms with Gasteiger partial charge in [0.2, 0.25) is 0 Å². The van der Waals surface area contributed by atoms with E-state index in [9.17, 15) is 4.79 Å². The Morgan fingerprint density at radius 2 is 2.29 bits per heavy atom. The Hall–Kier alpha value is -0.610. The van der Waals surface area contributed by atoms with Crippen molar-refractivity contribution in [3.63, 3.8) is 0 Å². The normalized spacial score (nSPS) is 23.8. The van der Waals surface area contributed by atoms with E-state index in [0.717, 1.165) is 16.6 Å². The summed E-state index contributed by atoms with van der Waals surface area (Å²) in [5.41, 5.74) is 1.02. The number of pyridine rings is 1. The molecule has 1 aliphatic carbocycles. The van der Waals surface area contributed by atoms with Gasteiger partial charge in [-0.3, -0.25) is 4.79 Å².